The topological polar surface area (TPSA) is 154 Å². The Kier molecular flexibility index (Phi) is 6.03. The highest BCUT2D eigenvalue weighted by atomic mass is 16.5. The molecule has 4 aromatic rings. The normalized spacial score (nSPS) is 21.0. The van der Waals surface area contributed by atoms with Gasteiger partial charge in [-0.3, -0.25) is 19.5 Å². The molecule has 12 heteroatoms. The fourth-order valence-electron chi connectivity index (χ4n) is 5.12. The van der Waals surface area contributed by atoms with Gasteiger partial charge in [-0.15, -0.1) is 0 Å². The first kappa shape index (κ1) is 22.6. The largest absolute Gasteiger partial charge is 0.435 e. The molecule has 0 radical (unpaired) electrons. The van der Waals surface area contributed by atoms with Gasteiger partial charge < -0.3 is 14.9 Å². The van der Waals surface area contributed by atoms with Crippen LogP contribution in [0.4, 0.5) is 0 Å². The molecule has 0 atom stereocenters. The van der Waals surface area contributed by atoms with Crippen LogP contribution in [0.15, 0.2) is 41.5 Å². The molecule has 0 unspecified atom stereocenters. The van der Waals surface area contributed by atoms with E-state index >= 15 is 0 Å². The number of nitrogens with zero attached hydrogens (tertiary/aromatic N) is 7. The third kappa shape index (κ3) is 4.29. The number of nitrogens with two attached hydrogens (primary N) is 1. The van der Waals surface area contributed by atoms with Gasteiger partial charge in [0.25, 0.3) is 5.91 Å². The number of hydrogen-bond donors (Lipinski definition) is 2. The zero-order valence-electron chi connectivity index (χ0n) is 19.7. The molecule has 6 rings (SSSR count). The van der Waals surface area contributed by atoms with Crippen LogP contribution in [-0.2, 0) is 4.74 Å². The van der Waals surface area contributed by atoms with E-state index in [0.29, 0.717) is 28.7 Å². The van der Waals surface area contributed by atoms with Gasteiger partial charge in [-0.25, -0.2) is 15.0 Å². The lowest BCUT2D eigenvalue weighted by Crippen LogP contribution is -2.45. The van der Waals surface area contributed by atoms with E-state index in [4.69, 9.17) is 20.0 Å². The Morgan fingerprint density at radius 2 is 1.83 bits per heavy atom. The number of oxazole rings is 1. The predicted octanol–water partition coefficient (Wildman–Crippen LogP) is 2.30. The predicted molar refractivity (Wildman–Crippen MR) is 129 cm³/mol. The van der Waals surface area contributed by atoms with Gasteiger partial charge in [0.1, 0.15) is 5.69 Å². The molecule has 36 heavy (non-hydrogen) atoms. The summed E-state index contributed by atoms with van der Waals surface area (Å²) in [5, 5.41) is 11.6. The van der Waals surface area contributed by atoms with Crippen molar-refractivity contribution in [2.24, 2.45) is 5.73 Å². The molecule has 0 bridgehead atoms. The maximum atomic E-state index is 12.3. The van der Waals surface area contributed by atoms with Crippen LogP contribution >= 0.6 is 0 Å². The monoisotopic (exact) mass is 489 g/mol. The number of carbonyl (C=O) groups is 1. The summed E-state index contributed by atoms with van der Waals surface area (Å²) in [6.45, 7) is 3.61. The van der Waals surface area contributed by atoms with Crippen LogP contribution in [0.3, 0.4) is 0 Å². The molecule has 0 aromatic carbocycles. The number of rotatable bonds is 6. The first-order valence-electron chi connectivity index (χ1n) is 12.2. The third-order valence-corrected chi connectivity index (χ3v) is 6.96. The molecule has 0 spiro atoms. The minimum atomic E-state index is -0.692. The average molecular weight is 490 g/mol. The minimum absolute atomic E-state index is 0.0268. The average Bonchev–Trinajstić information content (AvgIpc) is 3.69. The lowest BCUT2D eigenvalue weighted by molar-refractivity contribution is 0.00507. The Labute approximate surface area is 206 Å². The lowest BCUT2D eigenvalue weighted by atomic mass is 9.90. The maximum absolute atomic E-state index is 12.3. The number of aromatic nitrogens is 7. The summed E-state index contributed by atoms with van der Waals surface area (Å²) in [6, 6.07) is 2.53. The van der Waals surface area contributed by atoms with E-state index in [9.17, 15) is 4.79 Å². The van der Waals surface area contributed by atoms with Crippen LogP contribution in [0.1, 0.15) is 42.2 Å². The SMILES string of the molecule is NC(=O)c1nc(-c2cn[nH]c2)oc1-c1cn(C2CCC(N3CCOCC3)CC2)nc1-c1ncccn1. The second kappa shape index (κ2) is 9.63. The summed E-state index contributed by atoms with van der Waals surface area (Å²) >= 11 is 0. The number of ether oxygens (including phenoxy) is 1. The maximum Gasteiger partial charge on any atom is 0.271 e. The molecule has 12 nitrogen and oxygen atoms in total. The van der Waals surface area contributed by atoms with E-state index in [0.717, 1.165) is 52.0 Å². The molecule has 1 amide bonds. The highest BCUT2D eigenvalue weighted by Crippen LogP contribution is 2.38. The molecule has 1 aliphatic carbocycles. The Bertz CT molecular complexity index is 1320. The van der Waals surface area contributed by atoms with Gasteiger partial charge in [-0.05, 0) is 31.7 Å². The van der Waals surface area contributed by atoms with Gasteiger partial charge in [-0.1, -0.05) is 0 Å². The summed E-state index contributed by atoms with van der Waals surface area (Å²) in [7, 11) is 0. The van der Waals surface area contributed by atoms with Crippen molar-refractivity contribution in [3.63, 3.8) is 0 Å². The van der Waals surface area contributed by atoms with E-state index in [1.165, 1.54) is 0 Å². The molecule has 186 valence electrons. The fraction of sp³-hybridized carbons (Fsp3) is 0.417. The van der Waals surface area contributed by atoms with Crippen molar-refractivity contribution in [1.29, 1.82) is 0 Å². The smallest absolute Gasteiger partial charge is 0.271 e. The van der Waals surface area contributed by atoms with E-state index < -0.39 is 5.91 Å². The lowest BCUT2D eigenvalue weighted by Gasteiger charge is -2.38. The second-order valence-electron chi connectivity index (χ2n) is 9.10. The van der Waals surface area contributed by atoms with Crippen molar-refractivity contribution in [1.82, 2.24) is 39.8 Å². The Balaban J connectivity index is 1.35. The molecule has 2 aliphatic rings. The summed E-state index contributed by atoms with van der Waals surface area (Å²) in [5.74, 6) is 0.229. The van der Waals surface area contributed by atoms with Crippen molar-refractivity contribution in [2.75, 3.05) is 26.3 Å². The van der Waals surface area contributed by atoms with Gasteiger partial charge in [-0.2, -0.15) is 10.2 Å². The molecule has 1 saturated carbocycles. The molecule has 3 N–H and O–H groups in total. The van der Waals surface area contributed by atoms with Crippen molar-refractivity contribution >= 4 is 5.91 Å². The highest BCUT2D eigenvalue weighted by molar-refractivity contribution is 5.98. The Morgan fingerprint density at radius 3 is 2.53 bits per heavy atom. The van der Waals surface area contributed by atoms with Gasteiger partial charge in [0, 0.05) is 43.9 Å². The molecule has 1 saturated heterocycles. The van der Waals surface area contributed by atoms with Gasteiger partial charge in [0.2, 0.25) is 5.89 Å². The molecule has 2 fully saturated rings. The first-order chi connectivity index (χ1) is 17.7. The van der Waals surface area contributed by atoms with Crippen LogP contribution in [0.25, 0.3) is 34.3 Å². The summed E-state index contributed by atoms with van der Waals surface area (Å²) < 4.78 is 13.5. The third-order valence-electron chi connectivity index (χ3n) is 6.96. The van der Waals surface area contributed by atoms with Crippen LogP contribution < -0.4 is 5.73 Å². The standard InChI is InChI=1S/C24H27N9O3/c25-22(34)20-21(36-24(30-20)15-12-28-29-13-15)18-14-33(31-19(18)23-26-6-1-7-27-23)17-4-2-16(3-5-17)32-8-10-35-11-9-32/h1,6-7,12-14,16-17H,2-5,8-11H2,(H2,25,34)(H,28,29). The number of amides is 1. The minimum Gasteiger partial charge on any atom is -0.435 e. The van der Waals surface area contributed by atoms with Gasteiger partial charge >= 0.3 is 0 Å². The Morgan fingerprint density at radius 1 is 1.08 bits per heavy atom. The highest BCUT2D eigenvalue weighted by Gasteiger charge is 2.31. The molecule has 1 aliphatic heterocycles. The Hall–Kier alpha value is -3.90. The molecule has 5 heterocycles. The van der Waals surface area contributed by atoms with Crippen molar-refractivity contribution in [2.45, 2.75) is 37.8 Å². The van der Waals surface area contributed by atoms with E-state index in [1.807, 2.05) is 10.9 Å². The zero-order valence-corrected chi connectivity index (χ0v) is 19.7. The summed E-state index contributed by atoms with van der Waals surface area (Å²) in [4.78, 5) is 28.0. The van der Waals surface area contributed by atoms with E-state index in [1.54, 1.807) is 30.9 Å². The number of H-pyrrole nitrogens is 1. The summed E-state index contributed by atoms with van der Waals surface area (Å²) in [5.41, 5.74) is 7.41. The van der Waals surface area contributed by atoms with E-state index in [2.05, 4.69) is 30.0 Å². The molecular formula is C24H27N9O3. The number of aromatic amines is 1. The number of morpholine rings is 1. The fourth-order valence-corrected chi connectivity index (χ4v) is 5.12. The van der Waals surface area contributed by atoms with Crippen LogP contribution in [-0.4, -0.2) is 78.1 Å². The van der Waals surface area contributed by atoms with Crippen molar-refractivity contribution in [3.05, 3.63) is 42.7 Å². The van der Waals surface area contributed by atoms with Crippen LogP contribution in [0.2, 0.25) is 0 Å². The van der Waals surface area contributed by atoms with E-state index in [-0.39, 0.29) is 23.4 Å². The zero-order chi connectivity index (χ0) is 24.5. The van der Waals surface area contributed by atoms with Gasteiger partial charge in [0.15, 0.2) is 17.3 Å². The molecule has 4 aromatic heterocycles. The summed E-state index contributed by atoms with van der Waals surface area (Å²) in [6.07, 6.45) is 12.6. The number of hydrogen-bond acceptors (Lipinski definition) is 9. The first-order valence-corrected chi connectivity index (χ1v) is 12.2. The van der Waals surface area contributed by atoms with Crippen molar-refractivity contribution < 1.29 is 13.9 Å². The quantitative estimate of drug-likeness (QED) is 0.415. The second-order valence-corrected chi connectivity index (χ2v) is 9.10. The number of primary amides is 1. The van der Waals surface area contributed by atoms with Crippen LogP contribution in [0, 0.1) is 0 Å². The molecular weight excluding hydrogens is 462 g/mol. The van der Waals surface area contributed by atoms with Gasteiger partial charge in [0.05, 0.1) is 36.6 Å². The number of carbonyl (C=O) groups excluding carboxylic acids is 1. The number of nitrogens with one attached hydrogen (secondary N) is 1. The van der Waals surface area contributed by atoms with Crippen molar-refractivity contribution in [3.8, 4) is 34.3 Å². The van der Waals surface area contributed by atoms with Crippen LogP contribution in [0.5, 0.6) is 0 Å².